The van der Waals surface area contributed by atoms with Crippen LogP contribution in [0.2, 0.25) is 0 Å². The van der Waals surface area contributed by atoms with Crippen LogP contribution in [-0.4, -0.2) is 46.4 Å². The molecular weight excluding hydrogens is 378 g/mol. The standard InChI is InChI=1S/C21H25NO7/c1-5-10-28-17-8-6-14(11-18(17)26-3)21(24)29-13-20(23)22-15-7-9-16(25-2)19(12-15)27-4/h6-9,11-12H,5,10,13H2,1-4H3,(H,22,23). The second-order valence-corrected chi connectivity index (χ2v) is 5.91. The average Bonchev–Trinajstić information content (AvgIpc) is 2.75. The maximum absolute atomic E-state index is 12.2. The van der Waals surface area contributed by atoms with Crippen LogP contribution in [0, 0.1) is 0 Å². The van der Waals surface area contributed by atoms with E-state index < -0.39 is 18.5 Å². The van der Waals surface area contributed by atoms with E-state index in [-0.39, 0.29) is 5.56 Å². The Kier molecular flexibility index (Phi) is 8.14. The van der Waals surface area contributed by atoms with Crippen molar-refractivity contribution in [2.45, 2.75) is 13.3 Å². The third-order valence-electron chi connectivity index (χ3n) is 3.86. The Hall–Kier alpha value is -3.42. The first-order chi connectivity index (χ1) is 14.0. The number of rotatable bonds is 10. The van der Waals surface area contributed by atoms with Gasteiger partial charge in [-0.2, -0.15) is 0 Å². The van der Waals surface area contributed by atoms with Crippen LogP contribution in [0.1, 0.15) is 23.7 Å². The number of esters is 1. The molecule has 2 aromatic rings. The maximum Gasteiger partial charge on any atom is 0.338 e. The lowest BCUT2D eigenvalue weighted by Crippen LogP contribution is -2.21. The normalized spacial score (nSPS) is 10.1. The Labute approximate surface area is 169 Å². The van der Waals surface area contributed by atoms with Crippen LogP contribution in [-0.2, 0) is 9.53 Å². The molecule has 0 heterocycles. The Morgan fingerprint density at radius 1 is 0.862 bits per heavy atom. The van der Waals surface area contributed by atoms with E-state index in [1.165, 1.54) is 27.4 Å². The van der Waals surface area contributed by atoms with Crippen molar-refractivity contribution in [3.8, 4) is 23.0 Å². The summed E-state index contributed by atoms with van der Waals surface area (Å²) in [5.74, 6) is 0.838. The van der Waals surface area contributed by atoms with Crippen molar-refractivity contribution in [3.05, 3.63) is 42.0 Å². The zero-order valence-corrected chi connectivity index (χ0v) is 16.9. The number of carbonyl (C=O) groups excluding carboxylic acids is 2. The number of anilines is 1. The van der Waals surface area contributed by atoms with Gasteiger partial charge in [-0.15, -0.1) is 0 Å². The molecular formula is C21H25NO7. The molecule has 0 spiro atoms. The van der Waals surface area contributed by atoms with Gasteiger partial charge in [0.15, 0.2) is 29.6 Å². The van der Waals surface area contributed by atoms with Gasteiger partial charge in [0.2, 0.25) is 0 Å². The fourth-order valence-electron chi connectivity index (χ4n) is 2.45. The molecule has 1 N–H and O–H groups in total. The second kappa shape index (κ2) is 10.8. The number of nitrogens with one attached hydrogen (secondary N) is 1. The third kappa shape index (κ3) is 6.03. The van der Waals surface area contributed by atoms with Crippen molar-refractivity contribution in [3.63, 3.8) is 0 Å². The van der Waals surface area contributed by atoms with Crippen LogP contribution >= 0.6 is 0 Å². The summed E-state index contributed by atoms with van der Waals surface area (Å²) >= 11 is 0. The Morgan fingerprint density at radius 3 is 2.17 bits per heavy atom. The lowest BCUT2D eigenvalue weighted by molar-refractivity contribution is -0.119. The van der Waals surface area contributed by atoms with Gasteiger partial charge >= 0.3 is 5.97 Å². The van der Waals surface area contributed by atoms with Crippen molar-refractivity contribution in [1.29, 1.82) is 0 Å². The smallest absolute Gasteiger partial charge is 0.338 e. The van der Waals surface area contributed by atoms with E-state index >= 15 is 0 Å². The summed E-state index contributed by atoms with van der Waals surface area (Å²) < 4.78 is 26.2. The van der Waals surface area contributed by atoms with Gasteiger partial charge in [-0.05, 0) is 36.8 Å². The second-order valence-electron chi connectivity index (χ2n) is 5.91. The van der Waals surface area contributed by atoms with Crippen LogP contribution in [0.15, 0.2) is 36.4 Å². The molecule has 0 radical (unpaired) electrons. The van der Waals surface area contributed by atoms with E-state index in [0.717, 1.165) is 6.42 Å². The maximum atomic E-state index is 12.2. The SMILES string of the molecule is CCCOc1ccc(C(=O)OCC(=O)Nc2ccc(OC)c(OC)c2)cc1OC. The molecule has 8 heteroatoms. The van der Waals surface area contributed by atoms with E-state index in [4.69, 9.17) is 23.7 Å². The highest BCUT2D eigenvalue weighted by molar-refractivity contribution is 5.96. The number of benzene rings is 2. The summed E-state index contributed by atoms with van der Waals surface area (Å²) in [5, 5.41) is 2.63. The van der Waals surface area contributed by atoms with Gasteiger partial charge in [0, 0.05) is 11.8 Å². The van der Waals surface area contributed by atoms with Gasteiger partial charge in [-0.3, -0.25) is 4.79 Å². The molecule has 8 nitrogen and oxygen atoms in total. The van der Waals surface area contributed by atoms with Crippen LogP contribution in [0.25, 0.3) is 0 Å². The summed E-state index contributed by atoms with van der Waals surface area (Å²) in [4.78, 5) is 24.3. The average molecular weight is 403 g/mol. The first-order valence-electron chi connectivity index (χ1n) is 9.02. The van der Waals surface area contributed by atoms with Crippen molar-refractivity contribution in [2.75, 3.05) is 39.9 Å². The summed E-state index contributed by atoms with van der Waals surface area (Å²) in [5.41, 5.74) is 0.743. The number of ether oxygens (including phenoxy) is 5. The number of hydrogen-bond donors (Lipinski definition) is 1. The van der Waals surface area contributed by atoms with E-state index in [9.17, 15) is 9.59 Å². The Balaban J connectivity index is 1.95. The molecule has 0 saturated heterocycles. The molecule has 0 fully saturated rings. The minimum absolute atomic E-state index is 0.254. The molecule has 2 aromatic carbocycles. The number of amides is 1. The number of carbonyl (C=O) groups is 2. The van der Waals surface area contributed by atoms with Crippen molar-refractivity contribution in [2.24, 2.45) is 0 Å². The summed E-state index contributed by atoms with van der Waals surface area (Å²) in [6.45, 7) is 2.09. The number of methoxy groups -OCH3 is 3. The molecule has 2 rings (SSSR count). The first kappa shape index (κ1) is 21.9. The quantitative estimate of drug-likeness (QED) is 0.609. The molecule has 156 valence electrons. The fraction of sp³-hybridized carbons (Fsp3) is 0.333. The van der Waals surface area contributed by atoms with E-state index in [1.807, 2.05) is 6.92 Å². The zero-order valence-electron chi connectivity index (χ0n) is 16.9. The number of hydrogen-bond acceptors (Lipinski definition) is 7. The molecule has 0 aliphatic carbocycles. The monoisotopic (exact) mass is 403 g/mol. The lowest BCUT2D eigenvalue weighted by Gasteiger charge is -2.12. The van der Waals surface area contributed by atoms with Gasteiger partial charge in [-0.1, -0.05) is 6.92 Å². The zero-order chi connectivity index (χ0) is 21.2. The highest BCUT2D eigenvalue weighted by Gasteiger charge is 2.14. The molecule has 0 atom stereocenters. The van der Waals surface area contributed by atoms with Crippen molar-refractivity contribution in [1.82, 2.24) is 0 Å². The van der Waals surface area contributed by atoms with Gasteiger partial charge in [0.05, 0.1) is 33.5 Å². The summed E-state index contributed by atoms with van der Waals surface area (Å²) in [6, 6.07) is 9.63. The molecule has 0 aromatic heterocycles. The molecule has 1 amide bonds. The largest absolute Gasteiger partial charge is 0.493 e. The van der Waals surface area contributed by atoms with Gasteiger partial charge < -0.3 is 29.0 Å². The molecule has 0 aliphatic heterocycles. The van der Waals surface area contributed by atoms with E-state index in [2.05, 4.69) is 5.32 Å². The Morgan fingerprint density at radius 2 is 1.52 bits per heavy atom. The van der Waals surface area contributed by atoms with Gasteiger partial charge in [0.25, 0.3) is 5.91 Å². The van der Waals surface area contributed by atoms with Crippen LogP contribution < -0.4 is 24.3 Å². The first-order valence-corrected chi connectivity index (χ1v) is 9.02. The molecule has 0 bridgehead atoms. The fourth-order valence-corrected chi connectivity index (χ4v) is 2.45. The highest BCUT2D eigenvalue weighted by atomic mass is 16.5. The summed E-state index contributed by atoms with van der Waals surface area (Å²) in [6.07, 6.45) is 0.849. The van der Waals surface area contributed by atoms with Gasteiger partial charge in [-0.25, -0.2) is 4.79 Å². The van der Waals surface area contributed by atoms with Crippen LogP contribution in [0.3, 0.4) is 0 Å². The molecule has 0 unspecified atom stereocenters. The summed E-state index contributed by atoms with van der Waals surface area (Å²) in [7, 11) is 4.50. The minimum Gasteiger partial charge on any atom is -0.493 e. The van der Waals surface area contributed by atoms with Gasteiger partial charge in [0.1, 0.15) is 0 Å². The minimum atomic E-state index is -0.646. The topological polar surface area (TPSA) is 92.3 Å². The third-order valence-corrected chi connectivity index (χ3v) is 3.86. The molecule has 0 saturated carbocycles. The van der Waals surface area contributed by atoms with Crippen molar-refractivity contribution < 1.29 is 33.3 Å². The van der Waals surface area contributed by atoms with E-state index in [1.54, 1.807) is 30.3 Å². The predicted octanol–water partition coefficient (Wildman–Crippen LogP) is 3.30. The lowest BCUT2D eigenvalue weighted by atomic mass is 10.2. The Bertz CT molecular complexity index is 851. The highest BCUT2D eigenvalue weighted by Crippen LogP contribution is 2.30. The predicted molar refractivity (Wildman–Crippen MR) is 107 cm³/mol. The van der Waals surface area contributed by atoms with E-state index in [0.29, 0.717) is 35.3 Å². The molecule has 29 heavy (non-hydrogen) atoms. The van der Waals surface area contributed by atoms with Crippen LogP contribution in [0.5, 0.6) is 23.0 Å². The van der Waals surface area contributed by atoms with Crippen LogP contribution in [0.4, 0.5) is 5.69 Å². The molecule has 0 aliphatic rings. The van der Waals surface area contributed by atoms with Crippen molar-refractivity contribution >= 4 is 17.6 Å².